The van der Waals surface area contributed by atoms with Crippen molar-refractivity contribution in [3.63, 3.8) is 0 Å². The maximum absolute atomic E-state index is 13.3. The van der Waals surface area contributed by atoms with E-state index in [1.165, 1.54) is 6.07 Å². The van der Waals surface area contributed by atoms with Crippen molar-refractivity contribution in [2.45, 2.75) is 26.2 Å². The van der Waals surface area contributed by atoms with Gasteiger partial charge in [0.25, 0.3) is 0 Å². The Labute approximate surface area is 120 Å². The summed E-state index contributed by atoms with van der Waals surface area (Å²) in [6.07, 6.45) is 2.69. The molecular weight excluding hydrogens is 313 g/mol. The summed E-state index contributed by atoms with van der Waals surface area (Å²) in [5, 5.41) is 15.0. The van der Waals surface area contributed by atoms with Gasteiger partial charge in [-0.1, -0.05) is 5.16 Å². The van der Waals surface area contributed by atoms with Gasteiger partial charge in [-0.05, 0) is 58.8 Å². The average Bonchev–Trinajstić information content (AvgIpc) is 3.12. The second-order valence-electron chi connectivity index (χ2n) is 5.20. The molecule has 0 aromatic heterocycles. The van der Waals surface area contributed by atoms with E-state index in [1.54, 1.807) is 6.07 Å². The molecule has 4 N–H and O–H groups in total. The van der Waals surface area contributed by atoms with Gasteiger partial charge in [0.2, 0.25) is 0 Å². The number of oxime groups is 1. The van der Waals surface area contributed by atoms with E-state index in [4.69, 9.17) is 10.9 Å². The summed E-state index contributed by atoms with van der Waals surface area (Å²) in [5.74, 6) is -0.00264. The van der Waals surface area contributed by atoms with Crippen molar-refractivity contribution >= 4 is 27.5 Å². The van der Waals surface area contributed by atoms with Gasteiger partial charge in [-0.25, -0.2) is 4.39 Å². The molecule has 1 aliphatic rings. The summed E-state index contributed by atoms with van der Waals surface area (Å²) >= 11 is 3.18. The molecule has 0 atom stereocenters. The summed E-state index contributed by atoms with van der Waals surface area (Å²) in [4.78, 5) is 0. The minimum atomic E-state index is -0.263. The molecule has 0 amide bonds. The number of nitrogens with zero attached hydrogens (tertiary/aromatic N) is 1. The highest BCUT2D eigenvalue weighted by molar-refractivity contribution is 9.10. The van der Waals surface area contributed by atoms with Gasteiger partial charge in [-0.3, -0.25) is 0 Å². The Morgan fingerprint density at radius 1 is 1.58 bits per heavy atom. The van der Waals surface area contributed by atoms with Crippen molar-refractivity contribution in [3.8, 4) is 0 Å². The van der Waals surface area contributed by atoms with E-state index >= 15 is 0 Å². The van der Waals surface area contributed by atoms with Crippen molar-refractivity contribution in [2.75, 3.05) is 11.9 Å². The zero-order valence-electron chi connectivity index (χ0n) is 10.7. The maximum atomic E-state index is 13.3. The van der Waals surface area contributed by atoms with Crippen molar-refractivity contribution in [1.29, 1.82) is 0 Å². The summed E-state index contributed by atoms with van der Waals surface area (Å²) in [6.45, 7) is 2.60. The molecule has 1 aromatic rings. The first-order valence-corrected chi connectivity index (χ1v) is 6.91. The van der Waals surface area contributed by atoms with E-state index < -0.39 is 0 Å². The van der Waals surface area contributed by atoms with Crippen LogP contribution in [0.2, 0.25) is 0 Å². The van der Waals surface area contributed by atoms with Crippen LogP contribution in [-0.2, 0) is 0 Å². The lowest BCUT2D eigenvalue weighted by Gasteiger charge is -2.17. The molecule has 0 radical (unpaired) electrons. The summed E-state index contributed by atoms with van der Waals surface area (Å²) < 4.78 is 13.8. The molecule has 0 heterocycles. The lowest BCUT2D eigenvalue weighted by molar-refractivity contribution is 0.315. The third-order valence-electron chi connectivity index (χ3n) is 3.56. The number of amidine groups is 1. The molecule has 0 unspecified atom stereocenters. The van der Waals surface area contributed by atoms with Crippen molar-refractivity contribution in [2.24, 2.45) is 16.3 Å². The van der Waals surface area contributed by atoms with E-state index in [-0.39, 0.29) is 17.1 Å². The van der Waals surface area contributed by atoms with Gasteiger partial charge < -0.3 is 16.3 Å². The fourth-order valence-electron chi connectivity index (χ4n) is 2.13. The van der Waals surface area contributed by atoms with Gasteiger partial charge >= 0.3 is 0 Å². The molecule has 6 heteroatoms. The minimum absolute atomic E-state index is 0.0730. The van der Waals surface area contributed by atoms with E-state index in [9.17, 15) is 4.39 Å². The molecule has 0 saturated heterocycles. The lowest BCUT2D eigenvalue weighted by atomic mass is 10.0. The molecule has 0 aliphatic heterocycles. The van der Waals surface area contributed by atoms with Crippen LogP contribution in [0.5, 0.6) is 0 Å². The molecule has 0 bridgehead atoms. The largest absolute Gasteiger partial charge is 0.409 e. The number of aryl methyl sites for hydroxylation is 1. The minimum Gasteiger partial charge on any atom is -0.409 e. The second kappa shape index (κ2) is 5.36. The smallest absolute Gasteiger partial charge is 0.139 e. The normalized spacial score (nSPS) is 17.3. The van der Waals surface area contributed by atoms with Gasteiger partial charge in [0.05, 0.1) is 4.47 Å². The van der Waals surface area contributed by atoms with Crippen molar-refractivity contribution in [1.82, 2.24) is 0 Å². The summed E-state index contributed by atoms with van der Waals surface area (Å²) in [6, 6.07) is 3.24. The lowest BCUT2D eigenvalue weighted by Crippen LogP contribution is -2.24. The van der Waals surface area contributed by atoms with Crippen LogP contribution in [0, 0.1) is 18.2 Å². The second-order valence-corrected chi connectivity index (χ2v) is 6.06. The molecule has 104 valence electrons. The Balaban J connectivity index is 2.01. The van der Waals surface area contributed by atoms with E-state index in [0.717, 1.165) is 30.6 Å². The molecule has 1 aromatic carbocycles. The molecule has 4 nitrogen and oxygen atoms in total. The first-order valence-electron chi connectivity index (χ1n) is 6.12. The highest BCUT2D eigenvalue weighted by atomic mass is 79.9. The fraction of sp³-hybridized carbons (Fsp3) is 0.462. The highest BCUT2D eigenvalue weighted by Gasteiger charge is 2.43. The maximum Gasteiger partial charge on any atom is 0.139 e. The van der Waals surface area contributed by atoms with Crippen LogP contribution < -0.4 is 11.1 Å². The van der Waals surface area contributed by atoms with Gasteiger partial charge in [-0.15, -0.1) is 0 Å². The topological polar surface area (TPSA) is 70.6 Å². The van der Waals surface area contributed by atoms with Crippen LogP contribution >= 0.6 is 15.9 Å². The monoisotopic (exact) mass is 329 g/mol. The van der Waals surface area contributed by atoms with Gasteiger partial charge in [0, 0.05) is 18.7 Å². The number of anilines is 1. The van der Waals surface area contributed by atoms with Gasteiger partial charge in [-0.2, -0.15) is 0 Å². The van der Waals surface area contributed by atoms with E-state index in [0.29, 0.717) is 10.9 Å². The number of hydrogen-bond donors (Lipinski definition) is 3. The van der Waals surface area contributed by atoms with Crippen LogP contribution in [0.25, 0.3) is 0 Å². The summed E-state index contributed by atoms with van der Waals surface area (Å²) in [7, 11) is 0. The van der Waals surface area contributed by atoms with Crippen LogP contribution in [0.15, 0.2) is 21.8 Å². The molecular formula is C13H17BrFN3O. The van der Waals surface area contributed by atoms with Crippen LogP contribution in [-0.4, -0.2) is 17.6 Å². The molecule has 1 saturated carbocycles. The predicted octanol–water partition coefficient (Wildman–Crippen LogP) is 3.23. The zero-order chi connectivity index (χ0) is 14.0. The van der Waals surface area contributed by atoms with Crippen LogP contribution in [0.1, 0.15) is 24.8 Å². The molecule has 1 aliphatic carbocycles. The Hall–Kier alpha value is -1.30. The Kier molecular flexibility index (Phi) is 3.99. The standard InChI is InChI=1S/C13H17BrFN3O/c1-8-4-10(15)9(14)5-11(8)17-7-13(2-3-13)6-12(16)18-19/h4-5,17,19H,2-3,6-7H2,1H3,(H2,16,18). The van der Waals surface area contributed by atoms with Gasteiger partial charge in [0.15, 0.2) is 0 Å². The first kappa shape index (κ1) is 14.1. The Morgan fingerprint density at radius 2 is 2.26 bits per heavy atom. The first-order chi connectivity index (χ1) is 8.96. The third-order valence-corrected chi connectivity index (χ3v) is 4.17. The zero-order valence-corrected chi connectivity index (χ0v) is 12.3. The average molecular weight is 330 g/mol. The summed E-state index contributed by atoms with van der Waals surface area (Å²) in [5.41, 5.74) is 7.39. The van der Waals surface area contributed by atoms with Crippen LogP contribution in [0.4, 0.5) is 10.1 Å². The van der Waals surface area contributed by atoms with Crippen molar-refractivity contribution in [3.05, 3.63) is 28.0 Å². The SMILES string of the molecule is Cc1cc(F)c(Br)cc1NCC1(C/C(N)=N/O)CC1. The Bertz CT molecular complexity index is 515. The van der Waals surface area contributed by atoms with Crippen molar-refractivity contribution < 1.29 is 9.60 Å². The van der Waals surface area contributed by atoms with E-state index in [1.807, 2.05) is 6.92 Å². The van der Waals surface area contributed by atoms with E-state index in [2.05, 4.69) is 26.4 Å². The molecule has 0 spiro atoms. The quantitative estimate of drug-likeness (QED) is 0.336. The number of benzene rings is 1. The number of nitrogens with one attached hydrogen (secondary N) is 1. The number of halogens is 2. The number of hydrogen-bond acceptors (Lipinski definition) is 3. The molecule has 2 rings (SSSR count). The fourth-order valence-corrected chi connectivity index (χ4v) is 2.48. The Morgan fingerprint density at radius 3 is 2.84 bits per heavy atom. The molecule has 1 fully saturated rings. The predicted molar refractivity (Wildman–Crippen MR) is 77.0 cm³/mol. The number of rotatable bonds is 5. The van der Waals surface area contributed by atoms with Gasteiger partial charge in [0.1, 0.15) is 11.7 Å². The number of nitrogens with two attached hydrogens (primary N) is 1. The highest BCUT2D eigenvalue weighted by Crippen LogP contribution is 2.48. The third kappa shape index (κ3) is 3.37. The van der Waals surface area contributed by atoms with Crippen LogP contribution in [0.3, 0.4) is 0 Å². The molecule has 19 heavy (non-hydrogen) atoms.